The first-order chi connectivity index (χ1) is 12.5. The lowest BCUT2D eigenvalue weighted by atomic mass is 9.83. The molecule has 4 rings (SSSR count). The highest BCUT2D eigenvalue weighted by molar-refractivity contribution is 6.29. The number of carbonyl (C=O) groups is 4. The average molecular weight is 350 g/mol. The predicted octanol–water partition coefficient (Wildman–Crippen LogP) is 2.70. The lowest BCUT2D eigenvalue weighted by Crippen LogP contribution is -2.24. The zero-order chi connectivity index (χ0) is 18.4. The summed E-state index contributed by atoms with van der Waals surface area (Å²) in [5, 5.41) is 0. The van der Waals surface area contributed by atoms with Crippen LogP contribution < -0.4 is 9.47 Å². The van der Waals surface area contributed by atoms with Crippen LogP contribution in [0.5, 0.6) is 11.5 Å². The Balaban J connectivity index is 1.94. The predicted molar refractivity (Wildman–Crippen MR) is 89.4 cm³/mol. The summed E-state index contributed by atoms with van der Waals surface area (Å²) < 4.78 is 10.7. The number of hydrogen-bond acceptors (Lipinski definition) is 6. The van der Waals surface area contributed by atoms with E-state index in [0.717, 1.165) is 0 Å². The zero-order valence-corrected chi connectivity index (χ0v) is 13.9. The smallest absolute Gasteiger partial charge is 0.314 e. The van der Waals surface area contributed by atoms with Crippen molar-refractivity contribution in [2.75, 3.05) is 0 Å². The largest absolute Gasteiger partial charge is 0.422 e. The number of carbonyl (C=O) groups excluding carboxylic acids is 4. The Morgan fingerprint density at radius 3 is 2.27 bits per heavy atom. The fourth-order valence-electron chi connectivity index (χ4n) is 3.15. The van der Waals surface area contributed by atoms with Gasteiger partial charge in [-0.15, -0.1) is 0 Å². The van der Waals surface area contributed by atoms with Gasteiger partial charge in [-0.1, -0.05) is 31.2 Å². The second-order valence-electron chi connectivity index (χ2n) is 6.35. The first-order valence-electron chi connectivity index (χ1n) is 8.25. The molecule has 130 valence electrons. The molecule has 1 aliphatic heterocycles. The van der Waals surface area contributed by atoms with Crippen molar-refractivity contribution >= 4 is 23.5 Å². The van der Waals surface area contributed by atoms with Gasteiger partial charge in [0.05, 0.1) is 11.5 Å². The molecule has 0 N–H and O–H groups in total. The lowest BCUT2D eigenvalue weighted by Gasteiger charge is -2.21. The molecule has 2 aromatic rings. The fraction of sp³-hybridized carbons (Fsp3) is 0.200. The Labute approximate surface area is 148 Å². The molecule has 1 unspecified atom stereocenters. The molecule has 0 bridgehead atoms. The number of hydrogen-bond donors (Lipinski definition) is 0. The molecule has 6 nitrogen and oxygen atoms in total. The van der Waals surface area contributed by atoms with Gasteiger partial charge in [-0.25, -0.2) is 0 Å². The molecule has 1 aliphatic carbocycles. The van der Waals surface area contributed by atoms with E-state index in [9.17, 15) is 19.2 Å². The quantitative estimate of drug-likeness (QED) is 0.458. The summed E-state index contributed by atoms with van der Waals surface area (Å²) in [6, 6.07) is 9.26. The minimum Gasteiger partial charge on any atom is -0.422 e. The molecule has 6 heteroatoms. The van der Waals surface area contributed by atoms with Crippen LogP contribution in [0, 0.1) is 5.92 Å². The maximum Gasteiger partial charge on any atom is 0.314 e. The van der Waals surface area contributed by atoms with E-state index in [-0.39, 0.29) is 46.8 Å². The van der Waals surface area contributed by atoms with Crippen molar-refractivity contribution in [3.05, 3.63) is 58.7 Å². The van der Waals surface area contributed by atoms with Crippen molar-refractivity contribution in [3.63, 3.8) is 0 Å². The number of esters is 2. The minimum absolute atomic E-state index is 0.0308. The van der Waals surface area contributed by atoms with E-state index in [1.54, 1.807) is 31.2 Å². The van der Waals surface area contributed by atoms with Crippen LogP contribution in [0.25, 0.3) is 0 Å². The molecule has 0 aromatic heterocycles. The van der Waals surface area contributed by atoms with E-state index in [0.29, 0.717) is 5.56 Å². The van der Waals surface area contributed by atoms with Crippen molar-refractivity contribution in [1.29, 1.82) is 0 Å². The highest BCUT2D eigenvalue weighted by Gasteiger charge is 2.36. The van der Waals surface area contributed by atoms with Crippen LogP contribution in [0.1, 0.15) is 51.6 Å². The molecule has 1 heterocycles. The number of fused-ring (bicyclic) bond motifs is 4. The molecule has 0 spiro atoms. The van der Waals surface area contributed by atoms with Gasteiger partial charge < -0.3 is 9.47 Å². The third kappa shape index (κ3) is 2.42. The van der Waals surface area contributed by atoms with Gasteiger partial charge in [0.2, 0.25) is 0 Å². The first kappa shape index (κ1) is 16.2. The van der Waals surface area contributed by atoms with E-state index in [4.69, 9.17) is 9.47 Å². The summed E-state index contributed by atoms with van der Waals surface area (Å²) in [6.45, 7) is 1.64. The van der Waals surface area contributed by atoms with Gasteiger partial charge in [0, 0.05) is 23.1 Å². The number of ether oxygens (including phenoxy) is 2. The molecule has 0 saturated heterocycles. The SMILES string of the molecule is CC1CCC(=O)Oc2ccc3c(c2OC1=O)C(=O)c1ccccc1C3=O. The van der Waals surface area contributed by atoms with E-state index in [1.165, 1.54) is 12.1 Å². The molecular formula is C20H14O6. The minimum atomic E-state index is -0.572. The van der Waals surface area contributed by atoms with Crippen LogP contribution in [0.2, 0.25) is 0 Å². The van der Waals surface area contributed by atoms with Crippen LogP contribution in [-0.2, 0) is 9.59 Å². The van der Waals surface area contributed by atoms with Crippen LogP contribution in [0.4, 0.5) is 0 Å². The van der Waals surface area contributed by atoms with E-state index >= 15 is 0 Å². The Morgan fingerprint density at radius 1 is 0.846 bits per heavy atom. The molecule has 0 fully saturated rings. The van der Waals surface area contributed by atoms with Gasteiger partial charge in [-0.2, -0.15) is 0 Å². The highest BCUT2D eigenvalue weighted by Crippen LogP contribution is 2.40. The summed E-state index contributed by atoms with van der Waals surface area (Å²) in [5.41, 5.74) is 0.614. The normalized spacial score (nSPS) is 19.2. The second-order valence-corrected chi connectivity index (χ2v) is 6.35. The second kappa shape index (κ2) is 5.91. The van der Waals surface area contributed by atoms with Gasteiger partial charge in [-0.3, -0.25) is 19.2 Å². The molecule has 0 radical (unpaired) electrons. The standard InChI is InChI=1S/C20H14O6/c1-10-6-9-15(21)25-14-8-7-13-16(19(14)26-20(10)24)18(23)12-5-3-2-4-11(12)17(13)22/h2-5,7-8,10H,6,9H2,1H3. The molecular weight excluding hydrogens is 336 g/mol. The fourth-order valence-corrected chi connectivity index (χ4v) is 3.15. The zero-order valence-electron chi connectivity index (χ0n) is 13.9. The van der Waals surface area contributed by atoms with Gasteiger partial charge >= 0.3 is 11.9 Å². The maximum absolute atomic E-state index is 13.0. The topological polar surface area (TPSA) is 86.7 Å². The highest BCUT2D eigenvalue weighted by atomic mass is 16.6. The maximum atomic E-state index is 13.0. The number of benzene rings is 2. The number of ketones is 2. The summed E-state index contributed by atoms with van der Waals surface area (Å²) in [5.74, 6) is -2.61. The summed E-state index contributed by atoms with van der Waals surface area (Å²) in [4.78, 5) is 50.1. The molecule has 0 saturated carbocycles. The Kier molecular flexibility index (Phi) is 3.68. The van der Waals surface area contributed by atoms with Gasteiger partial charge in [0.25, 0.3) is 0 Å². The van der Waals surface area contributed by atoms with Gasteiger partial charge in [0.15, 0.2) is 23.1 Å². The summed E-state index contributed by atoms with van der Waals surface area (Å²) >= 11 is 0. The third-order valence-corrected chi connectivity index (χ3v) is 4.62. The van der Waals surface area contributed by atoms with E-state index in [1.807, 2.05) is 0 Å². The average Bonchev–Trinajstić information content (AvgIpc) is 2.69. The first-order valence-corrected chi connectivity index (χ1v) is 8.25. The Hall–Kier alpha value is -3.28. The molecule has 2 aromatic carbocycles. The molecule has 1 atom stereocenters. The lowest BCUT2D eigenvalue weighted by molar-refractivity contribution is -0.138. The summed E-state index contributed by atoms with van der Waals surface area (Å²) in [7, 11) is 0. The van der Waals surface area contributed by atoms with Crippen molar-refractivity contribution in [2.45, 2.75) is 19.8 Å². The van der Waals surface area contributed by atoms with Crippen molar-refractivity contribution in [3.8, 4) is 11.5 Å². The van der Waals surface area contributed by atoms with Crippen molar-refractivity contribution in [2.24, 2.45) is 5.92 Å². The Morgan fingerprint density at radius 2 is 1.54 bits per heavy atom. The van der Waals surface area contributed by atoms with Crippen molar-refractivity contribution < 1.29 is 28.7 Å². The van der Waals surface area contributed by atoms with Crippen LogP contribution >= 0.6 is 0 Å². The molecule has 0 amide bonds. The molecule has 26 heavy (non-hydrogen) atoms. The monoisotopic (exact) mass is 350 g/mol. The van der Waals surface area contributed by atoms with Crippen LogP contribution in [-0.4, -0.2) is 23.5 Å². The molecule has 2 aliphatic rings. The third-order valence-electron chi connectivity index (χ3n) is 4.62. The van der Waals surface area contributed by atoms with E-state index < -0.39 is 23.6 Å². The Bertz CT molecular complexity index is 988. The number of rotatable bonds is 0. The van der Waals surface area contributed by atoms with E-state index in [2.05, 4.69) is 0 Å². The van der Waals surface area contributed by atoms with Gasteiger partial charge in [0.1, 0.15) is 0 Å². The van der Waals surface area contributed by atoms with Crippen molar-refractivity contribution in [1.82, 2.24) is 0 Å². The summed E-state index contributed by atoms with van der Waals surface area (Å²) in [6.07, 6.45) is 0.339. The van der Waals surface area contributed by atoms with Gasteiger partial charge in [-0.05, 0) is 18.6 Å². The van der Waals surface area contributed by atoms with Crippen LogP contribution in [0.3, 0.4) is 0 Å². The van der Waals surface area contributed by atoms with Crippen LogP contribution in [0.15, 0.2) is 36.4 Å².